The second-order valence-electron chi connectivity index (χ2n) is 6.34. The van der Waals surface area contributed by atoms with Crippen LogP contribution >= 0.6 is 0 Å². The molecule has 0 saturated carbocycles. The molecule has 0 aliphatic carbocycles. The molecule has 0 saturated heterocycles. The van der Waals surface area contributed by atoms with E-state index in [4.69, 9.17) is 6.42 Å². The van der Waals surface area contributed by atoms with Crippen molar-refractivity contribution in [2.24, 2.45) is 0 Å². The third-order valence-electron chi connectivity index (χ3n) is 4.15. The molecule has 140 valence electrons. The molecule has 2 aromatic heterocycles. The number of carbonyl (C=O) groups excluding carboxylic acids is 1. The molecule has 0 aliphatic heterocycles. The van der Waals surface area contributed by atoms with Gasteiger partial charge in [0.1, 0.15) is 6.33 Å². The number of terminal acetylenes is 1. The zero-order valence-electron chi connectivity index (χ0n) is 15.5. The molecule has 29 heavy (non-hydrogen) atoms. The summed E-state index contributed by atoms with van der Waals surface area (Å²) in [6.07, 6.45) is 12.0. The monoisotopic (exact) mass is 380 g/mol. The maximum atomic E-state index is 11.5. The zero-order valence-corrected chi connectivity index (χ0v) is 15.5. The van der Waals surface area contributed by atoms with E-state index >= 15 is 0 Å². The van der Waals surface area contributed by atoms with Gasteiger partial charge in [0, 0.05) is 53.4 Å². The first-order valence-corrected chi connectivity index (χ1v) is 8.79. The lowest BCUT2D eigenvalue weighted by Gasteiger charge is -2.11. The summed E-state index contributed by atoms with van der Waals surface area (Å²) in [6, 6.07) is 11.1. The second kappa shape index (κ2) is 7.74. The van der Waals surface area contributed by atoms with Crippen LogP contribution in [0.15, 0.2) is 61.3 Å². The number of hydrogen-bond donors (Lipinski definition) is 2. The number of nitrogens with zero attached hydrogens (tertiary/aromatic N) is 4. The lowest BCUT2D eigenvalue weighted by molar-refractivity contribution is -0.114. The molecule has 0 aliphatic rings. The highest BCUT2D eigenvalue weighted by Gasteiger charge is 2.08. The van der Waals surface area contributed by atoms with Crippen LogP contribution in [0.5, 0.6) is 0 Å². The largest absolute Gasteiger partial charge is 0.326 e. The van der Waals surface area contributed by atoms with Gasteiger partial charge in [0.2, 0.25) is 11.9 Å². The molecule has 4 aromatic rings. The van der Waals surface area contributed by atoms with Crippen molar-refractivity contribution in [3.8, 4) is 23.5 Å². The maximum Gasteiger partial charge on any atom is 0.227 e. The summed E-state index contributed by atoms with van der Waals surface area (Å²) in [7, 11) is 0. The molecule has 7 nitrogen and oxygen atoms in total. The molecule has 7 heteroatoms. The van der Waals surface area contributed by atoms with Gasteiger partial charge in [-0.1, -0.05) is 5.92 Å². The van der Waals surface area contributed by atoms with Crippen molar-refractivity contribution >= 4 is 34.1 Å². The molecule has 0 atom stereocenters. The van der Waals surface area contributed by atoms with E-state index in [-0.39, 0.29) is 5.91 Å². The molecule has 2 aromatic carbocycles. The predicted octanol–water partition coefficient (Wildman–Crippen LogP) is 3.77. The van der Waals surface area contributed by atoms with Gasteiger partial charge in [-0.05, 0) is 42.0 Å². The minimum atomic E-state index is -0.163. The number of benzene rings is 2. The molecule has 0 bridgehead atoms. The number of hydrogen-bond acceptors (Lipinski definition) is 6. The summed E-state index contributed by atoms with van der Waals surface area (Å²) in [5.41, 5.74) is 4.58. The molecular weight excluding hydrogens is 364 g/mol. The Balaban J connectivity index is 1.71. The smallest absolute Gasteiger partial charge is 0.227 e. The van der Waals surface area contributed by atoms with Crippen LogP contribution in [0.2, 0.25) is 0 Å². The van der Waals surface area contributed by atoms with Crippen LogP contribution in [0.1, 0.15) is 12.5 Å². The minimum absolute atomic E-state index is 0.163. The molecule has 1 amide bonds. The van der Waals surface area contributed by atoms with Gasteiger partial charge >= 0.3 is 0 Å². The van der Waals surface area contributed by atoms with E-state index in [1.807, 2.05) is 36.4 Å². The SMILES string of the molecule is C#Cc1ccc2nc(Nc3cc(NC(C)=O)cc(-c4cncnc4)c3)ncc2c1. The Morgan fingerprint density at radius 3 is 2.55 bits per heavy atom. The van der Waals surface area contributed by atoms with Crippen LogP contribution in [-0.4, -0.2) is 25.8 Å². The Morgan fingerprint density at radius 2 is 1.79 bits per heavy atom. The zero-order chi connectivity index (χ0) is 20.2. The average Bonchev–Trinajstić information content (AvgIpc) is 2.73. The molecule has 4 rings (SSSR count). The van der Waals surface area contributed by atoms with Crippen molar-refractivity contribution in [2.75, 3.05) is 10.6 Å². The van der Waals surface area contributed by atoms with E-state index in [9.17, 15) is 4.79 Å². The first-order valence-electron chi connectivity index (χ1n) is 8.79. The molecule has 0 unspecified atom stereocenters. The molecule has 0 radical (unpaired) electrons. The van der Waals surface area contributed by atoms with Crippen molar-refractivity contribution in [2.45, 2.75) is 6.92 Å². The summed E-state index contributed by atoms with van der Waals surface area (Å²) in [5.74, 6) is 2.87. The predicted molar refractivity (Wildman–Crippen MR) is 113 cm³/mol. The lowest BCUT2D eigenvalue weighted by Crippen LogP contribution is -2.06. The normalized spacial score (nSPS) is 10.3. The topological polar surface area (TPSA) is 92.7 Å². The molecule has 2 N–H and O–H groups in total. The fourth-order valence-electron chi connectivity index (χ4n) is 2.90. The minimum Gasteiger partial charge on any atom is -0.326 e. The van der Waals surface area contributed by atoms with E-state index < -0.39 is 0 Å². The number of aromatic nitrogens is 4. The molecule has 0 fully saturated rings. The van der Waals surface area contributed by atoms with E-state index in [1.165, 1.54) is 13.3 Å². The van der Waals surface area contributed by atoms with Gasteiger partial charge in [0.05, 0.1) is 5.52 Å². The second-order valence-corrected chi connectivity index (χ2v) is 6.34. The third kappa shape index (κ3) is 4.17. The number of rotatable bonds is 4. The van der Waals surface area contributed by atoms with Gasteiger partial charge < -0.3 is 10.6 Å². The summed E-state index contributed by atoms with van der Waals surface area (Å²) >= 11 is 0. The Kier molecular flexibility index (Phi) is 4.82. The van der Waals surface area contributed by atoms with Crippen molar-refractivity contribution in [1.82, 2.24) is 19.9 Å². The Hall–Kier alpha value is -4.31. The van der Waals surface area contributed by atoms with E-state index in [0.29, 0.717) is 11.6 Å². The quantitative estimate of drug-likeness (QED) is 0.524. The molecule has 2 heterocycles. The maximum absolute atomic E-state index is 11.5. The number of nitrogens with one attached hydrogen (secondary N) is 2. The summed E-state index contributed by atoms with van der Waals surface area (Å²) < 4.78 is 0. The van der Waals surface area contributed by atoms with Gasteiger partial charge in [-0.15, -0.1) is 6.42 Å². The average molecular weight is 380 g/mol. The molecule has 0 spiro atoms. The van der Waals surface area contributed by atoms with E-state index in [2.05, 4.69) is 36.5 Å². The number of carbonyl (C=O) groups is 1. The highest BCUT2D eigenvalue weighted by molar-refractivity contribution is 5.91. The van der Waals surface area contributed by atoms with E-state index in [0.717, 1.165) is 33.3 Å². The van der Waals surface area contributed by atoms with Crippen molar-refractivity contribution in [1.29, 1.82) is 0 Å². The highest BCUT2D eigenvalue weighted by Crippen LogP contribution is 2.28. The fraction of sp³-hybridized carbons (Fsp3) is 0.0455. The van der Waals surface area contributed by atoms with Gasteiger partial charge in [-0.25, -0.2) is 19.9 Å². The number of anilines is 3. The highest BCUT2D eigenvalue weighted by atomic mass is 16.1. The summed E-state index contributed by atoms with van der Waals surface area (Å²) in [6.45, 7) is 1.46. The van der Waals surface area contributed by atoms with Gasteiger partial charge in [-0.3, -0.25) is 4.79 Å². The summed E-state index contributed by atoms with van der Waals surface area (Å²) in [4.78, 5) is 28.6. The third-order valence-corrected chi connectivity index (χ3v) is 4.15. The number of amides is 1. The Morgan fingerprint density at radius 1 is 1.00 bits per heavy atom. The van der Waals surface area contributed by atoms with Crippen LogP contribution < -0.4 is 10.6 Å². The van der Waals surface area contributed by atoms with Crippen molar-refractivity contribution in [3.05, 3.63) is 66.9 Å². The van der Waals surface area contributed by atoms with Crippen molar-refractivity contribution < 1.29 is 4.79 Å². The van der Waals surface area contributed by atoms with Crippen LogP contribution in [0.4, 0.5) is 17.3 Å². The summed E-state index contributed by atoms with van der Waals surface area (Å²) in [5, 5.41) is 6.86. The van der Waals surface area contributed by atoms with Crippen LogP contribution in [0, 0.1) is 12.3 Å². The van der Waals surface area contributed by atoms with Crippen molar-refractivity contribution in [3.63, 3.8) is 0 Å². The van der Waals surface area contributed by atoms with Crippen LogP contribution in [-0.2, 0) is 4.79 Å². The Labute approximate surface area is 167 Å². The molecular formula is C22H16N6O. The standard InChI is InChI=1S/C22H16N6O/c1-3-15-4-5-21-17(6-15)12-25-22(28-21)27-20-8-16(18-10-23-13-24-11-18)7-19(9-20)26-14(2)29/h1,4-13H,2H3,(H,26,29)(H,25,27,28). The van der Waals surface area contributed by atoms with Gasteiger partial charge in [0.25, 0.3) is 0 Å². The lowest BCUT2D eigenvalue weighted by atomic mass is 10.1. The van der Waals surface area contributed by atoms with Crippen LogP contribution in [0.25, 0.3) is 22.0 Å². The fourth-order valence-corrected chi connectivity index (χ4v) is 2.90. The first kappa shape index (κ1) is 18.1. The van der Waals surface area contributed by atoms with Gasteiger partial charge in [-0.2, -0.15) is 0 Å². The number of fused-ring (bicyclic) bond motifs is 1. The first-order chi connectivity index (χ1) is 14.1. The Bertz CT molecular complexity index is 1250. The van der Waals surface area contributed by atoms with Crippen LogP contribution in [0.3, 0.4) is 0 Å². The van der Waals surface area contributed by atoms with Gasteiger partial charge in [0.15, 0.2) is 0 Å². The van der Waals surface area contributed by atoms with E-state index in [1.54, 1.807) is 18.6 Å².